The summed E-state index contributed by atoms with van der Waals surface area (Å²) in [6, 6.07) is 4.92. The maximum atomic E-state index is 13.4. The molecule has 0 amide bonds. The third-order valence-corrected chi connectivity index (χ3v) is 6.16. The number of hydrogen-bond donors (Lipinski definition) is 1. The molecule has 1 saturated heterocycles. The fourth-order valence-electron chi connectivity index (χ4n) is 5.51. The lowest BCUT2D eigenvalue weighted by Crippen LogP contribution is -2.35. The smallest absolute Gasteiger partial charge is 0.347 e. The van der Waals surface area contributed by atoms with Gasteiger partial charge in [0.1, 0.15) is 6.33 Å². The minimum absolute atomic E-state index is 0.00170. The highest BCUT2D eigenvalue weighted by Gasteiger charge is 2.51. The van der Waals surface area contributed by atoms with Crippen LogP contribution >= 0.6 is 0 Å². The average Bonchev–Trinajstić information content (AvgIpc) is 2.89. The molecule has 1 aliphatic carbocycles. The lowest BCUT2D eigenvalue weighted by molar-refractivity contribution is -0.383. The van der Waals surface area contributed by atoms with Gasteiger partial charge in [0.05, 0.1) is 16.2 Å². The number of aromatic nitrogens is 2. The number of rotatable bonds is 4. The number of nitrogens with one attached hydrogen (secondary N) is 1. The first-order chi connectivity index (χ1) is 14.4. The van der Waals surface area contributed by atoms with Crippen molar-refractivity contribution < 1.29 is 18.1 Å². The van der Waals surface area contributed by atoms with Crippen molar-refractivity contribution in [2.75, 3.05) is 16.8 Å². The standard InChI is InChI=1S/C21H24F3N5O2/c1-19(2)8-13-9-20(3,10-19)11-28(13)18-16(29(30)31)17(25-12-26-18)27-15-7-5-4-6-14(15)21(22,23)24/h4-7,12-13H,8-11H2,1-3H3,(H,25,26,27). The number of nitrogens with zero attached hydrogens (tertiary/aromatic N) is 4. The van der Waals surface area contributed by atoms with Gasteiger partial charge in [0.25, 0.3) is 0 Å². The first-order valence-corrected chi connectivity index (χ1v) is 10.1. The van der Waals surface area contributed by atoms with Crippen LogP contribution < -0.4 is 10.2 Å². The highest BCUT2D eigenvalue weighted by Crippen LogP contribution is 2.54. The molecule has 1 saturated carbocycles. The van der Waals surface area contributed by atoms with Crippen molar-refractivity contribution in [2.24, 2.45) is 10.8 Å². The predicted octanol–water partition coefficient (Wildman–Crippen LogP) is 5.55. The molecule has 2 aliphatic rings. The van der Waals surface area contributed by atoms with Crippen molar-refractivity contribution in [2.45, 2.75) is 52.3 Å². The van der Waals surface area contributed by atoms with E-state index >= 15 is 0 Å². The molecule has 2 fully saturated rings. The molecule has 2 atom stereocenters. The van der Waals surface area contributed by atoms with Crippen LogP contribution in [0.15, 0.2) is 30.6 Å². The molecule has 166 valence electrons. The Kier molecular flexibility index (Phi) is 4.86. The summed E-state index contributed by atoms with van der Waals surface area (Å²) in [6.45, 7) is 7.16. The second-order valence-corrected chi connectivity index (χ2v) is 9.66. The van der Waals surface area contributed by atoms with Gasteiger partial charge in [0, 0.05) is 12.6 Å². The Hall–Kier alpha value is -2.91. The zero-order valence-electron chi connectivity index (χ0n) is 17.5. The van der Waals surface area contributed by atoms with Crippen molar-refractivity contribution in [3.63, 3.8) is 0 Å². The van der Waals surface area contributed by atoms with Crippen LogP contribution in [-0.2, 0) is 6.18 Å². The summed E-state index contributed by atoms with van der Waals surface area (Å²) in [5.74, 6) is -0.101. The van der Waals surface area contributed by atoms with Crippen LogP contribution in [0.2, 0.25) is 0 Å². The normalized spacial score (nSPS) is 24.8. The van der Waals surface area contributed by atoms with E-state index in [0.29, 0.717) is 6.54 Å². The van der Waals surface area contributed by atoms with Crippen molar-refractivity contribution in [1.29, 1.82) is 0 Å². The molecule has 1 aromatic heterocycles. The average molecular weight is 435 g/mol. The summed E-state index contributed by atoms with van der Waals surface area (Å²) in [4.78, 5) is 21.5. The summed E-state index contributed by atoms with van der Waals surface area (Å²) in [5.41, 5.74) is -1.52. The molecule has 1 aliphatic heterocycles. The van der Waals surface area contributed by atoms with Crippen LogP contribution in [-0.4, -0.2) is 27.5 Å². The van der Waals surface area contributed by atoms with Gasteiger partial charge in [-0.2, -0.15) is 13.2 Å². The second kappa shape index (κ2) is 7.06. The van der Waals surface area contributed by atoms with Gasteiger partial charge in [-0.3, -0.25) is 10.1 Å². The highest BCUT2D eigenvalue weighted by molar-refractivity contribution is 5.76. The SMILES string of the molecule is CC1(C)CC2CC(C)(CN2c2ncnc(Nc3ccccc3C(F)(F)F)c2[N+](=O)[O-])C1. The van der Waals surface area contributed by atoms with E-state index in [4.69, 9.17) is 0 Å². The summed E-state index contributed by atoms with van der Waals surface area (Å²) >= 11 is 0. The number of para-hydroxylation sites is 1. The van der Waals surface area contributed by atoms with Gasteiger partial charge in [-0.15, -0.1) is 0 Å². The zero-order chi connectivity index (χ0) is 22.6. The molecule has 7 nitrogen and oxygen atoms in total. The molecule has 1 aromatic carbocycles. The number of benzene rings is 1. The summed E-state index contributed by atoms with van der Waals surface area (Å²) in [6.07, 6.45) is -0.687. The lowest BCUT2D eigenvalue weighted by atomic mass is 9.65. The number of fused-ring (bicyclic) bond motifs is 2. The first-order valence-electron chi connectivity index (χ1n) is 10.1. The van der Waals surface area contributed by atoms with E-state index in [1.165, 1.54) is 18.2 Å². The number of nitro groups is 1. The third-order valence-electron chi connectivity index (χ3n) is 6.16. The van der Waals surface area contributed by atoms with E-state index < -0.39 is 22.4 Å². The zero-order valence-corrected chi connectivity index (χ0v) is 17.5. The largest absolute Gasteiger partial charge is 0.418 e. The third kappa shape index (κ3) is 4.03. The number of alkyl halides is 3. The summed E-state index contributed by atoms with van der Waals surface area (Å²) in [7, 11) is 0. The van der Waals surface area contributed by atoms with Gasteiger partial charge in [0.2, 0.25) is 11.6 Å². The summed E-state index contributed by atoms with van der Waals surface area (Å²) in [5, 5.41) is 14.5. The van der Waals surface area contributed by atoms with Gasteiger partial charge in [-0.25, -0.2) is 9.97 Å². The van der Waals surface area contributed by atoms with E-state index in [9.17, 15) is 23.3 Å². The van der Waals surface area contributed by atoms with Crippen LogP contribution in [0.5, 0.6) is 0 Å². The van der Waals surface area contributed by atoms with Crippen molar-refractivity contribution >= 4 is 23.0 Å². The summed E-state index contributed by atoms with van der Waals surface area (Å²) < 4.78 is 40.1. The highest BCUT2D eigenvalue weighted by atomic mass is 19.4. The Morgan fingerprint density at radius 3 is 2.58 bits per heavy atom. The van der Waals surface area contributed by atoms with E-state index in [0.717, 1.165) is 31.7 Å². The van der Waals surface area contributed by atoms with Gasteiger partial charge in [-0.05, 0) is 42.2 Å². The van der Waals surface area contributed by atoms with Crippen LogP contribution in [0, 0.1) is 20.9 Å². The Morgan fingerprint density at radius 1 is 1.19 bits per heavy atom. The van der Waals surface area contributed by atoms with E-state index in [1.54, 1.807) is 0 Å². The Balaban J connectivity index is 1.76. The van der Waals surface area contributed by atoms with Crippen LogP contribution in [0.1, 0.15) is 45.6 Å². The van der Waals surface area contributed by atoms with E-state index in [2.05, 4.69) is 36.1 Å². The molecule has 2 unspecified atom stereocenters. The lowest BCUT2D eigenvalue weighted by Gasteiger charge is -2.39. The maximum Gasteiger partial charge on any atom is 0.418 e. The molecule has 1 N–H and O–H groups in total. The maximum absolute atomic E-state index is 13.4. The molecule has 0 spiro atoms. The minimum atomic E-state index is -4.61. The fourth-order valence-corrected chi connectivity index (χ4v) is 5.51. The number of hydrogen-bond acceptors (Lipinski definition) is 6. The van der Waals surface area contributed by atoms with Crippen LogP contribution in [0.25, 0.3) is 0 Å². The number of halogens is 3. The van der Waals surface area contributed by atoms with Gasteiger partial charge < -0.3 is 10.2 Å². The second-order valence-electron chi connectivity index (χ2n) is 9.66. The quantitative estimate of drug-likeness (QED) is 0.501. The van der Waals surface area contributed by atoms with Crippen molar-refractivity contribution in [1.82, 2.24) is 9.97 Å². The monoisotopic (exact) mass is 435 g/mol. The molecule has 10 heteroatoms. The van der Waals surface area contributed by atoms with Gasteiger partial charge in [0.15, 0.2) is 0 Å². The molecule has 31 heavy (non-hydrogen) atoms. The first kappa shape index (κ1) is 21.3. The molecule has 0 radical (unpaired) electrons. The molecule has 2 aromatic rings. The molecular formula is C21H24F3N5O2. The Labute approximate surface area is 177 Å². The van der Waals surface area contributed by atoms with E-state index in [-0.39, 0.29) is 34.2 Å². The molecule has 4 rings (SSSR count). The van der Waals surface area contributed by atoms with Crippen molar-refractivity contribution in [3.8, 4) is 0 Å². The van der Waals surface area contributed by atoms with E-state index in [1.807, 2.05) is 4.90 Å². The van der Waals surface area contributed by atoms with Crippen molar-refractivity contribution in [3.05, 3.63) is 46.3 Å². The topological polar surface area (TPSA) is 84.2 Å². The van der Waals surface area contributed by atoms with Gasteiger partial charge in [-0.1, -0.05) is 32.9 Å². The number of anilines is 3. The molecule has 2 bridgehead atoms. The predicted molar refractivity (Wildman–Crippen MR) is 110 cm³/mol. The van der Waals surface area contributed by atoms with Gasteiger partial charge >= 0.3 is 11.9 Å². The minimum Gasteiger partial charge on any atom is -0.347 e. The molecule has 2 heterocycles. The van der Waals surface area contributed by atoms with Crippen LogP contribution in [0.3, 0.4) is 0 Å². The fraction of sp³-hybridized carbons (Fsp3) is 0.524. The Morgan fingerprint density at radius 2 is 1.90 bits per heavy atom. The molecular weight excluding hydrogens is 411 g/mol. The van der Waals surface area contributed by atoms with Crippen LogP contribution in [0.4, 0.5) is 36.2 Å². The Bertz CT molecular complexity index is 1030.